The number of hydrogen-bond donors (Lipinski definition) is 2. The summed E-state index contributed by atoms with van der Waals surface area (Å²) >= 11 is 0. The van der Waals surface area contributed by atoms with E-state index in [9.17, 15) is 4.79 Å². The van der Waals surface area contributed by atoms with Crippen LogP contribution in [0.5, 0.6) is 5.88 Å². The molecule has 104 valence electrons. The molecule has 1 unspecified atom stereocenters. The van der Waals surface area contributed by atoms with Crippen molar-refractivity contribution in [1.82, 2.24) is 10.3 Å². The molecule has 0 aliphatic carbocycles. The first-order valence-corrected chi connectivity index (χ1v) is 6.41. The van der Waals surface area contributed by atoms with E-state index in [1.54, 1.807) is 25.4 Å². The molecule has 1 aliphatic rings. The number of amides is 1. The Labute approximate surface area is 112 Å². The first kappa shape index (κ1) is 13.8. The molecule has 19 heavy (non-hydrogen) atoms. The van der Waals surface area contributed by atoms with Crippen molar-refractivity contribution < 1.29 is 14.3 Å². The van der Waals surface area contributed by atoms with Gasteiger partial charge in [0.15, 0.2) is 0 Å². The molecule has 1 aromatic heterocycles. The molecule has 1 aromatic rings. The summed E-state index contributed by atoms with van der Waals surface area (Å²) in [6, 6.07) is 3.42. The number of anilines is 1. The highest BCUT2D eigenvalue weighted by Gasteiger charge is 2.21. The van der Waals surface area contributed by atoms with Gasteiger partial charge in [0, 0.05) is 13.2 Å². The Morgan fingerprint density at radius 3 is 3.05 bits per heavy atom. The fourth-order valence-electron chi connectivity index (χ4n) is 1.91. The Balaban J connectivity index is 1.82. The van der Waals surface area contributed by atoms with E-state index in [1.807, 2.05) is 0 Å². The summed E-state index contributed by atoms with van der Waals surface area (Å²) < 4.78 is 10.2. The van der Waals surface area contributed by atoms with Gasteiger partial charge < -0.3 is 20.1 Å². The van der Waals surface area contributed by atoms with Crippen LogP contribution in [0.15, 0.2) is 18.3 Å². The maximum absolute atomic E-state index is 11.9. The van der Waals surface area contributed by atoms with E-state index in [1.165, 1.54) is 0 Å². The number of carbonyl (C=O) groups is 1. The molecule has 2 N–H and O–H groups in total. The number of rotatable bonds is 6. The van der Waals surface area contributed by atoms with E-state index in [4.69, 9.17) is 9.47 Å². The summed E-state index contributed by atoms with van der Waals surface area (Å²) in [6.45, 7) is 1.89. The van der Waals surface area contributed by atoms with E-state index in [0.717, 1.165) is 19.4 Å². The number of nitrogens with one attached hydrogen (secondary N) is 2. The zero-order valence-corrected chi connectivity index (χ0v) is 11.0. The Morgan fingerprint density at radius 1 is 1.53 bits per heavy atom. The van der Waals surface area contributed by atoms with Crippen LogP contribution in [-0.4, -0.2) is 43.8 Å². The lowest BCUT2D eigenvalue weighted by Crippen LogP contribution is -2.35. The Morgan fingerprint density at radius 2 is 2.42 bits per heavy atom. The molecule has 1 aliphatic heterocycles. The van der Waals surface area contributed by atoms with Crippen LogP contribution in [0.4, 0.5) is 5.69 Å². The molecule has 6 nitrogen and oxygen atoms in total. The lowest BCUT2D eigenvalue weighted by molar-refractivity contribution is -0.117. The van der Waals surface area contributed by atoms with Crippen LogP contribution in [-0.2, 0) is 9.53 Å². The Hall–Kier alpha value is -1.66. The lowest BCUT2D eigenvalue weighted by atomic mass is 10.2. The molecule has 0 spiro atoms. The van der Waals surface area contributed by atoms with Gasteiger partial charge >= 0.3 is 0 Å². The van der Waals surface area contributed by atoms with E-state index < -0.39 is 0 Å². The molecule has 0 bridgehead atoms. The largest absolute Gasteiger partial charge is 0.475 e. The molecule has 2 heterocycles. The SMILES string of the molecule is COCCOc1ccc(NC(=O)C2CCCN2)cn1. The number of ether oxygens (including phenoxy) is 2. The number of methoxy groups -OCH3 is 1. The Kier molecular flexibility index (Phi) is 5.11. The van der Waals surface area contributed by atoms with Gasteiger partial charge in [0.25, 0.3) is 0 Å². The highest BCUT2D eigenvalue weighted by atomic mass is 16.5. The van der Waals surface area contributed by atoms with E-state index in [2.05, 4.69) is 15.6 Å². The maximum Gasteiger partial charge on any atom is 0.241 e. The summed E-state index contributed by atoms with van der Waals surface area (Å²) in [5.74, 6) is 0.515. The normalized spacial score (nSPS) is 18.3. The molecule has 1 saturated heterocycles. The van der Waals surface area contributed by atoms with Crippen molar-refractivity contribution in [2.75, 3.05) is 32.2 Å². The number of hydrogen-bond acceptors (Lipinski definition) is 5. The molecule has 0 saturated carbocycles. The fourth-order valence-corrected chi connectivity index (χ4v) is 1.91. The van der Waals surface area contributed by atoms with Crippen LogP contribution in [0.2, 0.25) is 0 Å². The van der Waals surface area contributed by atoms with Gasteiger partial charge in [0.05, 0.1) is 24.5 Å². The van der Waals surface area contributed by atoms with Crippen LogP contribution in [0, 0.1) is 0 Å². The van der Waals surface area contributed by atoms with Crippen molar-refractivity contribution in [2.24, 2.45) is 0 Å². The van der Waals surface area contributed by atoms with Crippen molar-refractivity contribution >= 4 is 11.6 Å². The first-order chi connectivity index (χ1) is 9.29. The average molecular weight is 265 g/mol. The zero-order valence-electron chi connectivity index (χ0n) is 11.0. The average Bonchev–Trinajstić information content (AvgIpc) is 2.95. The zero-order chi connectivity index (χ0) is 13.5. The third kappa shape index (κ3) is 4.18. The number of nitrogens with zero attached hydrogens (tertiary/aromatic N) is 1. The Bertz CT molecular complexity index is 402. The van der Waals surface area contributed by atoms with Crippen LogP contribution in [0.3, 0.4) is 0 Å². The van der Waals surface area contributed by atoms with Gasteiger partial charge in [-0.1, -0.05) is 0 Å². The van der Waals surface area contributed by atoms with Crippen LogP contribution in [0.1, 0.15) is 12.8 Å². The molecule has 0 aromatic carbocycles. The molecule has 1 fully saturated rings. The van der Waals surface area contributed by atoms with Gasteiger partial charge in [-0.05, 0) is 25.5 Å². The van der Waals surface area contributed by atoms with Gasteiger partial charge in [-0.15, -0.1) is 0 Å². The number of aromatic nitrogens is 1. The van der Waals surface area contributed by atoms with Crippen molar-refractivity contribution in [1.29, 1.82) is 0 Å². The van der Waals surface area contributed by atoms with Crippen LogP contribution in [0.25, 0.3) is 0 Å². The second-order valence-corrected chi connectivity index (χ2v) is 4.36. The summed E-state index contributed by atoms with van der Waals surface area (Å²) in [4.78, 5) is 16.0. The predicted molar refractivity (Wildman–Crippen MR) is 71.3 cm³/mol. The second-order valence-electron chi connectivity index (χ2n) is 4.36. The maximum atomic E-state index is 11.9. The summed E-state index contributed by atoms with van der Waals surface area (Å²) in [7, 11) is 1.62. The van der Waals surface area contributed by atoms with Gasteiger partial charge in [-0.2, -0.15) is 0 Å². The molecule has 6 heteroatoms. The van der Waals surface area contributed by atoms with Crippen molar-refractivity contribution in [3.05, 3.63) is 18.3 Å². The molecular formula is C13H19N3O3. The fraction of sp³-hybridized carbons (Fsp3) is 0.538. The molecular weight excluding hydrogens is 246 g/mol. The summed E-state index contributed by atoms with van der Waals surface area (Å²) in [6.07, 6.45) is 3.52. The third-order valence-electron chi connectivity index (χ3n) is 2.92. The summed E-state index contributed by atoms with van der Waals surface area (Å²) in [5, 5.41) is 5.99. The van der Waals surface area contributed by atoms with Crippen molar-refractivity contribution in [2.45, 2.75) is 18.9 Å². The topological polar surface area (TPSA) is 72.5 Å². The monoisotopic (exact) mass is 265 g/mol. The minimum absolute atomic E-state index is 0.00708. The van der Waals surface area contributed by atoms with Crippen LogP contribution >= 0.6 is 0 Å². The summed E-state index contributed by atoms with van der Waals surface area (Å²) in [5.41, 5.74) is 0.679. The number of carbonyl (C=O) groups excluding carboxylic acids is 1. The molecule has 1 atom stereocenters. The van der Waals surface area contributed by atoms with Crippen molar-refractivity contribution in [3.63, 3.8) is 0 Å². The quantitative estimate of drug-likeness (QED) is 0.744. The van der Waals surface area contributed by atoms with Gasteiger partial charge in [-0.25, -0.2) is 4.98 Å². The molecule has 2 rings (SSSR count). The van der Waals surface area contributed by atoms with Crippen molar-refractivity contribution in [3.8, 4) is 5.88 Å². The van der Waals surface area contributed by atoms with E-state index >= 15 is 0 Å². The van der Waals surface area contributed by atoms with Gasteiger partial charge in [0.2, 0.25) is 11.8 Å². The van der Waals surface area contributed by atoms with Gasteiger partial charge in [0.1, 0.15) is 6.61 Å². The van der Waals surface area contributed by atoms with Gasteiger partial charge in [-0.3, -0.25) is 4.79 Å². The second kappa shape index (κ2) is 7.06. The minimum atomic E-state index is -0.0855. The standard InChI is InChI=1S/C13H19N3O3/c1-18-7-8-19-12-5-4-10(9-15-12)16-13(17)11-3-2-6-14-11/h4-5,9,11,14H,2-3,6-8H2,1H3,(H,16,17). The first-order valence-electron chi connectivity index (χ1n) is 6.41. The lowest BCUT2D eigenvalue weighted by Gasteiger charge is -2.11. The van der Waals surface area contributed by atoms with E-state index in [0.29, 0.717) is 24.8 Å². The minimum Gasteiger partial charge on any atom is -0.475 e. The highest BCUT2D eigenvalue weighted by Crippen LogP contribution is 2.13. The third-order valence-corrected chi connectivity index (χ3v) is 2.92. The predicted octanol–water partition coefficient (Wildman–Crippen LogP) is 0.797. The molecule has 1 amide bonds. The van der Waals surface area contributed by atoms with Crippen LogP contribution < -0.4 is 15.4 Å². The smallest absolute Gasteiger partial charge is 0.241 e. The number of pyridine rings is 1. The molecule has 0 radical (unpaired) electrons. The van der Waals surface area contributed by atoms with E-state index in [-0.39, 0.29) is 11.9 Å². The highest BCUT2D eigenvalue weighted by molar-refractivity contribution is 5.94.